The first kappa shape index (κ1) is 7.88. The topological polar surface area (TPSA) is 46.0 Å². The Morgan fingerprint density at radius 3 is 3.00 bits per heavy atom. The average Bonchev–Trinajstić information content (AvgIpc) is 2.01. The van der Waals surface area contributed by atoms with Crippen LogP contribution in [-0.4, -0.2) is 21.7 Å². The van der Waals surface area contributed by atoms with Crippen LogP contribution in [0, 0.1) is 6.92 Å². The molecular formula is C8H10N2O. The van der Waals surface area contributed by atoms with Gasteiger partial charge < -0.3 is 5.11 Å². The lowest BCUT2D eigenvalue weighted by molar-refractivity contribution is 0.343. The maximum Gasteiger partial charge on any atom is 0.0813 e. The van der Waals surface area contributed by atoms with Gasteiger partial charge in [-0.2, -0.15) is 0 Å². The van der Waals surface area contributed by atoms with Crippen molar-refractivity contribution in [3.63, 3.8) is 0 Å². The standard InChI is InChI=1S/C8H10N2O/c1-7-5-9-6-8(10-7)3-2-4-11/h2-3,5-6,11H,4H2,1H3. The fourth-order valence-electron chi connectivity index (χ4n) is 0.737. The number of hydrogen-bond acceptors (Lipinski definition) is 3. The van der Waals surface area contributed by atoms with Crippen LogP contribution in [0.5, 0.6) is 0 Å². The quantitative estimate of drug-likeness (QED) is 0.678. The summed E-state index contributed by atoms with van der Waals surface area (Å²) in [5.74, 6) is 0. The van der Waals surface area contributed by atoms with Crippen molar-refractivity contribution in [2.24, 2.45) is 0 Å². The van der Waals surface area contributed by atoms with Crippen LogP contribution >= 0.6 is 0 Å². The van der Waals surface area contributed by atoms with E-state index in [0.29, 0.717) is 0 Å². The molecule has 0 aliphatic heterocycles. The van der Waals surface area contributed by atoms with Crippen molar-refractivity contribution in [2.45, 2.75) is 6.92 Å². The Kier molecular flexibility index (Phi) is 2.74. The summed E-state index contributed by atoms with van der Waals surface area (Å²) < 4.78 is 0. The van der Waals surface area contributed by atoms with Crippen molar-refractivity contribution >= 4 is 6.08 Å². The molecule has 58 valence electrons. The number of rotatable bonds is 2. The summed E-state index contributed by atoms with van der Waals surface area (Å²) in [6, 6.07) is 0. The van der Waals surface area contributed by atoms with Crippen LogP contribution in [0.2, 0.25) is 0 Å². The largest absolute Gasteiger partial charge is 0.392 e. The number of hydrogen-bond donors (Lipinski definition) is 1. The second-order valence-electron chi connectivity index (χ2n) is 2.17. The first-order valence-corrected chi connectivity index (χ1v) is 3.39. The molecule has 1 aromatic rings. The van der Waals surface area contributed by atoms with Crippen LogP contribution < -0.4 is 0 Å². The van der Waals surface area contributed by atoms with Crippen LogP contribution in [0.3, 0.4) is 0 Å². The number of aromatic nitrogens is 2. The van der Waals surface area contributed by atoms with E-state index in [9.17, 15) is 0 Å². The lowest BCUT2D eigenvalue weighted by atomic mass is 10.4. The highest BCUT2D eigenvalue weighted by molar-refractivity contribution is 5.42. The lowest BCUT2D eigenvalue weighted by Gasteiger charge is -1.92. The van der Waals surface area contributed by atoms with E-state index in [1.807, 2.05) is 6.92 Å². The molecule has 0 aliphatic rings. The molecular weight excluding hydrogens is 140 g/mol. The molecule has 0 aromatic carbocycles. The van der Waals surface area contributed by atoms with Crippen LogP contribution in [0.25, 0.3) is 6.08 Å². The second-order valence-corrected chi connectivity index (χ2v) is 2.17. The summed E-state index contributed by atoms with van der Waals surface area (Å²) in [4.78, 5) is 8.09. The molecule has 11 heavy (non-hydrogen) atoms. The molecule has 0 radical (unpaired) electrons. The highest BCUT2D eigenvalue weighted by Crippen LogP contribution is 1.96. The lowest BCUT2D eigenvalue weighted by Crippen LogP contribution is -1.86. The van der Waals surface area contributed by atoms with Gasteiger partial charge in [0.15, 0.2) is 0 Å². The van der Waals surface area contributed by atoms with Gasteiger partial charge in [0.1, 0.15) is 0 Å². The van der Waals surface area contributed by atoms with Crippen LogP contribution in [0.15, 0.2) is 18.5 Å². The Bertz CT molecular complexity index is 258. The molecule has 1 heterocycles. The van der Waals surface area contributed by atoms with Gasteiger partial charge in [-0.15, -0.1) is 0 Å². The maximum atomic E-state index is 8.46. The molecule has 0 saturated carbocycles. The first-order chi connectivity index (χ1) is 5.33. The number of aliphatic hydroxyl groups is 1. The van der Waals surface area contributed by atoms with Crippen molar-refractivity contribution in [1.29, 1.82) is 0 Å². The first-order valence-electron chi connectivity index (χ1n) is 3.39. The van der Waals surface area contributed by atoms with Crippen LogP contribution in [0.4, 0.5) is 0 Å². The third-order valence-corrected chi connectivity index (χ3v) is 1.17. The molecule has 1 aromatic heterocycles. The summed E-state index contributed by atoms with van der Waals surface area (Å²) in [5.41, 5.74) is 1.66. The van der Waals surface area contributed by atoms with Gasteiger partial charge in [-0.25, -0.2) is 0 Å². The predicted molar refractivity (Wildman–Crippen MR) is 42.9 cm³/mol. The molecule has 0 spiro atoms. The Morgan fingerprint density at radius 1 is 1.55 bits per heavy atom. The normalized spacial score (nSPS) is 10.7. The fourth-order valence-corrected chi connectivity index (χ4v) is 0.737. The Labute approximate surface area is 65.4 Å². The Hall–Kier alpha value is -1.22. The summed E-state index contributed by atoms with van der Waals surface area (Å²) in [6.07, 6.45) is 6.71. The van der Waals surface area contributed by atoms with Crippen molar-refractivity contribution in [2.75, 3.05) is 6.61 Å². The van der Waals surface area contributed by atoms with E-state index in [-0.39, 0.29) is 6.61 Å². The summed E-state index contributed by atoms with van der Waals surface area (Å²) in [6.45, 7) is 1.92. The summed E-state index contributed by atoms with van der Waals surface area (Å²) in [5, 5.41) is 8.46. The zero-order valence-electron chi connectivity index (χ0n) is 6.36. The monoisotopic (exact) mass is 150 g/mol. The van der Waals surface area contributed by atoms with E-state index >= 15 is 0 Å². The van der Waals surface area contributed by atoms with E-state index in [4.69, 9.17) is 5.11 Å². The van der Waals surface area contributed by atoms with Crippen molar-refractivity contribution in [3.8, 4) is 0 Å². The van der Waals surface area contributed by atoms with E-state index in [1.165, 1.54) is 0 Å². The van der Waals surface area contributed by atoms with Gasteiger partial charge in [0.25, 0.3) is 0 Å². The minimum Gasteiger partial charge on any atom is -0.392 e. The van der Waals surface area contributed by atoms with Crippen molar-refractivity contribution in [3.05, 3.63) is 29.9 Å². The van der Waals surface area contributed by atoms with Crippen molar-refractivity contribution in [1.82, 2.24) is 9.97 Å². The van der Waals surface area contributed by atoms with Gasteiger partial charge in [-0.05, 0) is 13.0 Å². The Morgan fingerprint density at radius 2 is 2.36 bits per heavy atom. The molecule has 3 nitrogen and oxygen atoms in total. The maximum absolute atomic E-state index is 8.46. The van der Waals surface area contributed by atoms with Crippen LogP contribution in [0.1, 0.15) is 11.4 Å². The predicted octanol–water partition coefficient (Wildman–Crippen LogP) is 0.791. The van der Waals surface area contributed by atoms with Crippen molar-refractivity contribution < 1.29 is 5.11 Å². The van der Waals surface area contributed by atoms with Gasteiger partial charge in [0.05, 0.1) is 24.2 Å². The summed E-state index contributed by atoms with van der Waals surface area (Å²) >= 11 is 0. The molecule has 1 rings (SSSR count). The molecule has 3 heteroatoms. The Balaban J connectivity index is 2.79. The molecule has 0 unspecified atom stereocenters. The smallest absolute Gasteiger partial charge is 0.0813 e. The molecule has 0 amide bonds. The molecule has 1 N–H and O–H groups in total. The highest BCUT2D eigenvalue weighted by Gasteiger charge is 1.87. The molecule has 0 fully saturated rings. The zero-order chi connectivity index (χ0) is 8.10. The van der Waals surface area contributed by atoms with Crippen LogP contribution in [-0.2, 0) is 0 Å². The third-order valence-electron chi connectivity index (χ3n) is 1.17. The average molecular weight is 150 g/mol. The molecule has 0 atom stereocenters. The van der Waals surface area contributed by atoms with Gasteiger partial charge in [-0.1, -0.05) is 6.08 Å². The van der Waals surface area contributed by atoms with E-state index in [1.54, 1.807) is 24.5 Å². The minimum absolute atomic E-state index is 0.0373. The second kappa shape index (κ2) is 3.83. The number of aliphatic hydroxyl groups excluding tert-OH is 1. The zero-order valence-corrected chi connectivity index (χ0v) is 6.36. The summed E-state index contributed by atoms with van der Waals surface area (Å²) in [7, 11) is 0. The van der Waals surface area contributed by atoms with E-state index in [0.717, 1.165) is 11.4 Å². The van der Waals surface area contributed by atoms with E-state index < -0.39 is 0 Å². The minimum atomic E-state index is 0.0373. The molecule has 0 aliphatic carbocycles. The molecule has 0 bridgehead atoms. The SMILES string of the molecule is Cc1cncc(C=CCO)n1. The number of aryl methyl sites for hydroxylation is 1. The third kappa shape index (κ3) is 2.47. The van der Waals surface area contributed by atoms with Gasteiger partial charge >= 0.3 is 0 Å². The fraction of sp³-hybridized carbons (Fsp3) is 0.250. The van der Waals surface area contributed by atoms with Gasteiger partial charge in [0.2, 0.25) is 0 Å². The van der Waals surface area contributed by atoms with E-state index in [2.05, 4.69) is 9.97 Å². The highest BCUT2D eigenvalue weighted by atomic mass is 16.2. The van der Waals surface area contributed by atoms with Gasteiger partial charge in [-0.3, -0.25) is 9.97 Å². The molecule has 0 saturated heterocycles. The van der Waals surface area contributed by atoms with Gasteiger partial charge in [0, 0.05) is 6.20 Å². The number of nitrogens with zero attached hydrogens (tertiary/aromatic N) is 2.